The third-order valence-corrected chi connectivity index (χ3v) is 4.68. The van der Waals surface area contributed by atoms with E-state index in [1.807, 2.05) is 6.07 Å². The highest BCUT2D eigenvalue weighted by atomic mass is 35.5. The molecule has 0 fully saturated rings. The Labute approximate surface area is 163 Å². The molecule has 0 radical (unpaired) electrons. The first-order valence-electron chi connectivity index (χ1n) is 8.02. The first-order chi connectivity index (χ1) is 12.5. The molecule has 0 aliphatic carbocycles. The minimum atomic E-state index is -0.188. The molecular weight excluding hydrogens is 377 g/mol. The van der Waals surface area contributed by atoms with E-state index in [0.717, 1.165) is 5.56 Å². The number of halogens is 2. The van der Waals surface area contributed by atoms with Crippen LogP contribution in [0.3, 0.4) is 0 Å². The second-order valence-electron chi connectivity index (χ2n) is 5.59. The molecule has 1 N–H and O–H groups in total. The Hall–Kier alpha value is -1.95. The minimum absolute atomic E-state index is 0.0526. The minimum Gasteiger partial charge on any atom is -0.497 e. The average molecular weight is 398 g/mol. The van der Waals surface area contributed by atoms with Gasteiger partial charge in [0.25, 0.3) is 0 Å². The lowest BCUT2D eigenvalue weighted by molar-refractivity contribution is -0.131. The lowest BCUT2D eigenvalue weighted by atomic mass is 10.1. The van der Waals surface area contributed by atoms with E-state index in [1.54, 1.807) is 49.5 Å². The number of nitrogens with zero attached hydrogens (tertiary/aromatic N) is 1. The zero-order valence-corrected chi connectivity index (χ0v) is 16.2. The molecule has 26 heavy (non-hydrogen) atoms. The summed E-state index contributed by atoms with van der Waals surface area (Å²) in [5.41, 5.74) is 1.38. The molecule has 0 unspecified atom stereocenters. The maximum absolute atomic E-state index is 12.8. The van der Waals surface area contributed by atoms with E-state index in [1.165, 1.54) is 0 Å². The molecule has 2 aromatic carbocycles. The highest BCUT2D eigenvalue weighted by molar-refractivity contribution is 6.36. The fourth-order valence-electron chi connectivity index (χ4n) is 2.56. The van der Waals surface area contributed by atoms with Crippen molar-refractivity contribution in [2.45, 2.75) is 13.0 Å². The van der Waals surface area contributed by atoms with Crippen LogP contribution in [-0.4, -0.2) is 43.3 Å². The summed E-state index contributed by atoms with van der Waals surface area (Å²) in [6.07, 6.45) is 0.0526. The Morgan fingerprint density at radius 3 is 2.38 bits per heavy atom. The van der Waals surface area contributed by atoms with Crippen LogP contribution in [0.15, 0.2) is 36.4 Å². The Balaban J connectivity index is 2.22. The second-order valence-corrected chi connectivity index (χ2v) is 6.41. The SMILES string of the molecule is COc1ccc(CN(CCO)C(=O)Cc2c(Cl)cccc2Cl)c(OC)c1. The van der Waals surface area contributed by atoms with Gasteiger partial charge in [-0.25, -0.2) is 0 Å². The molecular formula is C19H21Cl2NO4. The van der Waals surface area contributed by atoms with E-state index in [4.69, 9.17) is 32.7 Å². The van der Waals surface area contributed by atoms with Crippen molar-refractivity contribution in [3.63, 3.8) is 0 Å². The van der Waals surface area contributed by atoms with Crippen molar-refractivity contribution in [1.82, 2.24) is 4.90 Å². The maximum atomic E-state index is 12.8. The lowest BCUT2D eigenvalue weighted by Crippen LogP contribution is -2.34. The predicted molar refractivity (Wildman–Crippen MR) is 102 cm³/mol. The molecule has 1 amide bonds. The first-order valence-corrected chi connectivity index (χ1v) is 8.78. The van der Waals surface area contributed by atoms with Crippen LogP contribution < -0.4 is 9.47 Å². The number of rotatable bonds is 8. The van der Waals surface area contributed by atoms with Gasteiger partial charge in [-0.15, -0.1) is 0 Å². The summed E-state index contributed by atoms with van der Waals surface area (Å²) in [5, 5.41) is 10.2. The number of hydrogen-bond donors (Lipinski definition) is 1. The molecule has 0 aromatic heterocycles. The van der Waals surface area contributed by atoms with E-state index >= 15 is 0 Å². The number of amides is 1. The summed E-state index contributed by atoms with van der Waals surface area (Å²) < 4.78 is 10.6. The van der Waals surface area contributed by atoms with Crippen molar-refractivity contribution in [3.8, 4) is 11.5 Å². The second kappa shape index (κ2) is 9.67. The van der Waals surface area contributed by atoms with E-state index < -0.39 is 0 Å². The number of benzene rings is 2. The molecule has 0 saturated carbocycles. The Bertz CT molecular complexity index is 747. The van der Waals surface area contributed by atoms with Gasteiger partial charge in [0.15, 0.2) is 0 Å². The van der Waals surface area contributed by atoms with Crippen LogP contribution in [0.25, 0.3) is 0 Å². The summed E-state index contributed by atoms with van der Waals surface area (Å²) in [7, 11) is 3.13. The van der Waals surface area contributed by atoms with Crippen LogP contribution in [-0.2, 0) is 17.8 Å². The highest BCUT2D eigenvalue weighted by Gasteiger charge is 2.19. The molecule has 0 atom stereocenters. The van der Waals surface area contributed by atoms with E-state index in [0.29, 0.717) is 27.1 Å². The third-order valence-electron chi connectivity index (χ3n) is 3.97. The predicted octanol–water partition coefficient (Wildman–Crippen LogP) is 3.57. The molecule has 0 heterocycles. The van der Waals surface area contributed by atoms with Gasteiger partial charge >= 0.3 is 0 Å². The quantitative estimate of drug-likeness (QED) is 0.739. The summed E-state index contributed by atoms with van der Waals surface area (Å²) in [5.74, 6) is 1.08. The number of carbonyl (C=O) groups is 1. The smallest absolute Gasteiger partial charge is 0.227 e. The average Bonchev–Trinajstić information content (AvgIpc) is 2.64. The lowest BCUT2D eigenvalue weighted by Gasteiger charge is -2.23. The van der Waals surface area contributed by atoms with Crippen LogP contribution in [0.2, 0.25) is 10.0 Å². The molecule has 2 aromatic rings. The molecule has 0 saturated heterocycles. The Morgan fingerprint density at radius 1 is 1.12 bits per heavy atom. The van der Waals surface area contributed by atoms with Crippen molar-refractivity contribution in [3.05, 3.63) is 57.6 Å². The maximum Gasteiger partial charge on any atom is 0.227 e. The molecule has 5 nitrogen and oxygen atoms in total. The molecule has 0 aliphatic rings. The van der Waals surface area contributed by atoms with E-state index in [2.05, 4.69) is 0 Å². The van der Waals surface area contributed by atoms with Crippen LogP contribution >= 0.6 is 23.2 Å². The summed E-state index contributed by atoms with van der Waals surface area (Å²) >= 11 is 12.3. The van der Waals surface area contributed by atoms with Crippen LogP contribution in [0.4, 0.5) is 0 Å². The number of aliphatic hydroxyl groups is 1. The molecule has 0 aliphatic heterocycles. The fraction of sp³-hybridized carbons (Fsp3) is 0.316. The van der Waals surface area contributed by atoms with Crippen LogP contribution in [0.1, 0.15) is 11.1 Å². The van der Waals surface area contributed by atoms with Gasteiger partial charge in [-0.05, 0) is 29.8 Å². The number of ether oxygens (including phenoxy) is 2. The van der Waals surface area contributed by atoms with Gasteiger partial charge in [-0.2, -0.15) is 0 Å². The molecule has 0 bridgehead atoms. The van der Waals surface area contributed by atoms with Gasteiger partial charge in [0.05, 0.1) is 27.2 Å². The van der Waals surface area contributed by atoms with E-state index in [9.17, 15) is 9.90 Å². The summed E-state index contributed by atoms with van der Waals surface area (Å²) in [4.78, 5) is 14.3. The number of carbonyl (C=O) groups excluding carboxylic acids is 1. The monoisotopic (exact) mass is 397 g/mol. The number of hydrogen-bond acceptors (Lipinski definition) is 4. The zero-order chi connectivity index (χ0) is 19.1. The molecule has 7 heteroatoms. The van der Waals surface area contributed by atoms with Crippen LogP contribution in [0.5, 0.6) is 11.5 Å². The van der Waals surface area contributed by atoms with Gasteiger partial charge in [0.1, 0.15) is 11.5 Å². The Morgan fingerprint density at radius 2 is 1.81 bits per heavy atom. The van der Waals surface area contributed by atoms with Gasteiger partial charge in [-0.3, -0.25) is 4.79 Å². The van der Waals surface area contributed by atoms with Crippen LogP contribution in [0, 0.1) is 0 Å². The van der Waals surface area contributed by atoms with Gasteiger partial charge in [0, 0.05) is 34.8 Å². The van der Waals surface area contributed by atoms with Gasteiger partial charge < -0.3 is 19.5 Å². The van der Waals surface area contributed by atoms with Crippen molar-refractivity contribution >= 4 is 29.1 Å². The van der Waals surface area contributed by atoms with Crippen molar-refractivity contribution in [2.24, 2.45) is 0 Å². The standard InChI is InChI=1S/C19H21Cl2NO4/c1-25-14-7-6-13(18(10-14)26-2)12-22(8-9-23)19(24)11-15-16(20)4-3-5-17(15)21/h3-7,10,23H,8-9,11-12H2,1-2H3. The normalized spacial score (nSPS) is 10.5. The molecule has 0 spiro atoms. The van der Waals surface area contributed by atoms with Crippen molar-refractivity contribution < 1.29 is 19.4 Å². The summed E-state index contributed by atoms with van der Waals surface area (Å²) in [6, 6.07) is 10.5. The summed E-state index contributed by atoms with van der Waals surface area (Å²) in [6.45, 7) is 0.325. The van der Waals surface area contributed by atoms with Crippen molar-refractivity contribution in [2.75, 3.05) is 27.4 Å². The van der Waals surface area contributed by atoms with Gasteiger partial charge in [-0.1, -0.05) is 29.3 Å². The first kappa shape index (κ1) is 20.4. The highest BCUT2D eigenvalue weighted by Crippen LogP contribution is 2.28. The number of methoxy groups -OCH3 is 2. The number of aliphatic hydroxyl groups excluding tert-OH is 1. The zero-order valence-electron chi connectivity index (χ0n) is 14.7. The van der Waals surface area contributed by atoms with E-state index in [-0.39, 0.29) is 32.0 Å². The molecule has 140 valence electrons. The van der Waals surface area contributed by atoms with Crippen molar-refractivity contribution in [1.29, 1.82) is 0 Å². The Kier molecular flexibility index (Phi) is 7.57. The third kappa shape index (κ3) is 5.04. The molecule has 2 rings (SSSR count). The largest absolute Gasteiger partial charge is 0.497 e. The topological polar surface area (TPSA) is 59.0 Å². The van der Waals surface area contributed by atoms with Gasteiger partial charge in [0.2, 0.25) is 5.91 Å². The fourth-order valence-corrected chi connectivity index (χ4v) is 3.10.